The first kappa shape index (κ1) is 19.8. The summed E-state index contributed by atoms with van der Waals surface area (Å²) < 4.78 is 33.6. The van der Waals surface area contributed by atoms with E-state index in [0.29, 0.717) is 12.2 Å². The summed E-state index contributed by atoms with van der Waals surface area (Å²) in [6.07, 6.45) is 2.54. The lowest BCUT2D eigenvalue weighted by Crippen LogP contribution is -2.36. The van der Waals surface area contributed by atoms with E-state index in [1.807, 2.05) is 30.3 Å². The van der Waals surface area contributed by atoms with Crippen molar-refractivity contribution in [1.29, 1.82) is 5.26 Å². The van der Waals surface area contributed by atoms with E-state index in [1.165, 1.54) is 23.1 Å². The normalized spacial score (nSPS) is 19.7. The van der Waals surface area contributed by atoms with Gasteiger partial charge in [0.15, 0.2) is 6.19 Å². The molecule has 2 atom stereocenters. The molecular weight excluding hydrogens is 409 g/mol. The Kier molecular flexibility index (Phi) is 6.12. The molecule has 0 aliphatic carbocycles. The first-order valence-electron chi connectivity index (χ1n) is 8.20. The fourth-order valence-electron chi connectivity index (χ4n) is 2.96. The molecule has 1 saturated heterocycles. The number of hydrogen-bond acceptors (Lipinski definition) is 5. The molecule has 1 heterocycles. The van der Waals surface area contributed by atoms with Crippen LogP contribution in [-0.4, -0.2) is 38.6 Å². The number of hydrogen-bond donors (Lipinski definition) is 1. The summed E-state index contributed by atoms with van der Waals surface area (Å²) in [5.74, 6) is 0.699. The highest BCUT2D eigenvalue weighted by atomic mass is 35.5. The van der Waals surface area contributed by atoms with Gasteiger partial charge in [0.1, 0.15) is 17.3 Å². The van der Waals surface area contributed by atoms with Crippen LogP contribution in [0.5, 0.6) is 5.75 Å². The summed E-state index contributed by atoms with van der Waals surface area (Å²) in [5, 5.41) is 9.72. The highest BCUT2D eigenvalue weighted by Crippen LogP contribution is 2.26. The zero-order valence-electron chi connectivity index (χ0n) is 14.2. The van der Waals surface area contributed by atoms with Crippen molar-refractivity contribution in [2.75, 3.05) is 13.2 Å². The van der Waals surface area contributed by atoms with E-state index >= 15 is 0 Å². The Labute approximate surface area is 168 Å². The Balaban J connectivity index is 1.67. The second-order valence-electron chi connectivity index (χ2n) is 6.16. The Morgan fingerprint density at radius 3 is 2.67 bits per heavy atom. The van der Waals surface area contributed by atoms with Crippen molar-refractivity contribution < 1.29 is 13.2 Å². The van der Waals surface area contributed by atoms with Gasteiger partial charge in [0, 0.05) is 17.6 Å². The molecule has 0 aromatic heterocycles. The predicted octanol–water partition coefficient (Wildman–Crippen LogP) is 3.27. The molecule has 3 rings (SSSR count). The van der Waals surface area contributed by atoms with Gasteiger partial charge in [-0.25, -0.2) is 13.1 Å². The van der Waals surface area contributed by atoms with Crippen LogP contribution < -0.4 is 9.46 Å². The van der Waals surface area contributed by atoms with Crippen LogP contribution in [0.1, 0.15) is 6.42 Å². The summed E-state index contributed by atoms with van der Waals surface area (Å²) in [6.45, 7) is 0.546. The van der Waals surface area contributed by atoms with Crippen molar-refractivity contribution in [2.24, 2.45) is 0 Å². The number of benzene rings is 2. The Hall–Kier alpha value is -1.98. The van der Waals surface area contributed by atoms with Gasteiger partial charge in [0.2, 0.25) is 10.0 Å². The molecular formula is C18H17Cl2N3O3S. The summed E-state index contributed by atoms with van der Waals surface area (Å²) in [6, 6.07) is 12.9. The van der Waals surface area contributed by atoms with Gasteiger partial charge < -0.3 is 9.64 Å². The van der Waals surface area contributed by atoms with Crippen molar-refractivity contribution >= 4 is 33.2 Å². The molecule has 2 aromatic carbocycles. The van der Waals surface area contributed by atoms with Gasteiger partial charge in [-0.2, -0.15) is 5.26 Å². The van der Waals surface area contributed by atoms with E-state index in [1.54, 1.807) is 0 Å². The Morgan fingerprint density at radius 1 is 1.22 bits per heavy atom. The van der Waals surface area contributed by atoms with Crippen LogP contribution in [0.4, 0.5) is 0 Å². The molecule has 142 valence electrons. The van der Waals surface area contributed by atoms with Crippen molar-refractivity contribution in [2.45, 2.75) is 23.4 Å². The van der Waals surface area contributed by atoms with Crippen LogP contribution in [0.3, 0.4) is 0 Å². The molecule has 0 amide bonds. The molecule has 0 spiro atoms. The van der Waals surface area contributed by atoms with Gasteiger partial charge >= 0.3 is 0 Å². The number of ether oxygens (including phenoxy) is 1. The average Bonchev–Trinajstić information content (AvgIpc) is 3.03. The van der Waals surface area contributed by atoms with Crippen molar-refractivity contribution in [3.63, 3.8) is 0 Å². The topological polar surface area (TPSA) is 82.4 Å². The number of para-hydroxylation sites is 1. The second-order valence-corrected chi connectivity index (χ2v) is 8.68. The zero-order chi connectivity index (χ0) is 19.4. The van der Waals surface area contributed by atoms with E-state index < -0.39 is 16.1 Å². The molecule has 2 aromatic rings. The van der Waals surface area contributed by atoms with Crippen LogP contribution in [-0.2, 0) is 10.0 Å². The molecule has 0 radical (unpaired) electrons. The first-order valence-corrected chi connectivity index (χ1v) is 10.4. The molecule has 1 aliphatic heterocycles. The number of halogens is 2. The van der Waals surface area contributed by atoms with Crippen molar-refractivity contribution in [3.8, 4) is 11.9 Å². The summed E-state index contributed by atoms with van der Waals surface area (Å²) in [4.78, 5) is 1.44. The first-order chi connectivity index (χ1) is 12.9. The summed E-state index contributed by atoms with van der Waals surface area (Å²) >= 11 is 11.9. The fraction of sp³-hybridized carbons (Fsp3) is 0.278. The molecule has 2 unspecified atom stereocenters. The fourth-order valence-corrected chi connectivity index (χ4v) is 4.96. The van der Waals surface area contributed by atoms with Crippen LogP contribution >= 0.6 is 23.2 Å². The largest absolute Gasteiger partial charge is 0.491 e. The second kappa shape index (κ2) is 8.36. The minimum absolute atomic E-state index is 0.0795. The van der Waals surface area contributed by atoms with Crippen LogP contribution in [0, 0.1) is 11.5 Å². The van der Waals surface area contributed by atoms with Gasteiger partial charge in [0.05, 0.1) is 11.1 Å². The third-order valence-corrected chi connectivity index (χ3v) is 6.47. The number of likely N-dealkylation sites (tertiary alicyclic amines) is 1. The molecule has 1 fully saturated rings. The molecule has 1 aliphatic rings. The van der Waals surface area contributed by atoms with E-state index in [2.05, 4.69) is 10.9 Å². The number of sulfonamides is 1. The molecule has 6 nitrogen and oxygen atoms in total. The highest BCUT2D eigenvalue weighted by molar-refractivity contribution is 7.89. The maximum Gasteiger partial charge on any atom is 0.242 e. The van der Waals surface area contributed by atoms with E-state index in [0.717, 1.165) is 0 Å². The van der Waals surface area contributed by atoms with E-state index in [-0.39, 0.29) is 34.1 Å². The van der Waals surface area contributed by atoms with E-state index in [4.69, 9.17) is 27.9 Å². The molecule has 9 heteroatoms. The monoisotopic (exact) mass is 425 g/mol. The lowest BCUT2D eigenvalue weighted by molar-refractivity contribution is 0.219. The lowest BCUT2D eigenvalue weighted by atomic mass is 10.2. The minimum atomic E-state index is -3.86. The standard InChI is InChI=1S/C18H17Cl2N3O3S/c19-13-6-7-17(20)18(8-13)27(24,25)22-14-9-15(23(10-14)12-21)11-26-16-4-2-1-3-5-16/h1-8,14-15,22H,9-11H2. The number of nitrogens with one attached hydrogen (secondary N) is 1. The average molecular weight is 426 g/mol. The van der Waals surface area contributed by atoms with Crippen molar-refractivity contribution in [3.05, 3.63) is 58.6 Å². The van der Waals surface area contributed by atoms with Crippen LogP contribution in [0.2, 0.25) is 10.0 Å². The third kappa shape index (κ3) is 4.85. The van der Waals surface area contributed by atoms with E-state index in [9.17, 15) is 13.7 Å². The summed E-state index contributed by atoms with van der Waals surface area (Å²) in [5.41, 5.74) is 0. The molecule has 27 heavy (non-hydrogen) atoms. The number of rotatable bonds is 6. The van der Waals surface area contributed by atoms with Gasteiger partial charge in [-0.05, 0) is 36.8 Å². The van der Waals surface area contributed by atoms with Crippen molar-refractivity contribution in [1.82, 2.24) is 9.62 Å². The highest BCUT2D eigenvalue weighted by Gasteiger charge is 2.35. The quantitative estimate of drug-likeness (QED) is 0.717. The van der Waals surface area contributed by atoms with Gasteiger partial charge in [-0.1, -0.05) is 41.4 Å². The van der Waals surface area contributed by atoms with Gasteiger partial charge in [0.25, 0.3) is 0 Å². The summed E-state index contributed by atoms with van der Waals surface area (Å²) in [7, 11) is -3.86. The number of nitrogens with zero attached hydrogens (tertiary/aromatic N) is 2. The predicted molar refractivity (Wildman–Crippen MR) is 103 cm³/mol. The van der Waals surface area contributed by atoms with Crippen LogP contribution in [0.15, 0.2) is 53.4 Å². The number of nitriles is 1. The van der Waals surface area contributed by atoms with Crippen LogP contribution in [0.25, 0.3) is 0 Å². The zero-order valence-corrected chi connectivity index (χ0v) is 16.5. The molecule has 0 bridgehead atoms. The third-order valence-electron chi connectivity index (χ3n) is 4.23. The smallest absolute Gasteiger partial charge is 0.242 e. The Bertz CT molecular complexity index is 948. The Morgan fingerprint density at radius 2 is 1.96 bits per heavy atom. The SMILES string of the molecule is N#CN1CC(NS(=O)(=O)c2cc(Cl)ccc2Cl)CC1COc1ccccc1. The molecule has 0 saturated carbocycles. The maximum atomic E-state index is 12.7. The van der Waals surface area contributed by atoms with Gasteiger partial charge in [-0.3, -0.25) is 0 Å². The molecule has 1 N–H and O–H groups in total. The lowest BCUT2D eigenvalue weighted by Gasteiger charge is -2.18. The minimum Gasteiger partial charge on any atom is -0.491 e. The maximum absolute atomic E-state index is 12.7. The van der Waals surface area contributed by atoms with Gasteiger partial charge in [-0.15, -0.1) is 0 Å².